The fourth-order valence-electron chi connectivity index (χ4n) is 4.61. The highest BCUT2D eigenvalue weighted by Gasteiger charge is 2.55. The molecule has 1 aromatic rings. The van der Waals surface area contributed by atoms with Crippen LogP contribution in [0.5, 0.6) is 0 Å². The minimum Gasteiger partial charge on any atom is -0.480 e. The second kappa shape index (κ2) is 8.03. The van der Waals surface area contributed by atoms with Gasteiger partial charge in [-0.1, -0.05) is 34.5 Å². The number of hydrogen-bond donors (Lipinski definition) is 1. The Bertz CT molecular complexity index is 731. The second-order valence-electron chi connectivity index (χ2n) is 8.70. The number of piperidine rings is 1. The van der Waals surface area contributed by atoms with Crippen LogP contribution >= 0.6 is 15.9 Å². The van der Waals surface area contributed by atoms with Crippen LogP contribution in [0.3, 0.4) is 0 Å². The summed E-state index contributed by atoms with van der Waals surface area (Å²) in [4.78, 5) is 25.8. The minimum absolute atomic E-state index is 0.0150. The Morgan fingerprint density at radius 1 is 1.25 bits per heavy atom. The van der Waals surface area contributed by atoms with E-state index in [-0.39, 0.29) is 24.5 Å². The van der Waals surface area contributed by atoms with Gasteiger partial charge >= 0.3 is 12.1 Å². The molecule has 1 N–H and O–H groups in total. The minimum atomic E-state index is -0.984. The summed E-state index contributed by atoms with van der Waals surface area (Å²) in [5.41, 5.74) is -0.286. The van der Waals surface area contributed by atoms with Crippen molar-refractivity contribution in [1.29, 1.82) is 0 Å². The molecule has 1 aromatic carbocycles. The Kier molecular flexibility index (Phi) is 6.05. The first kappa shape index (κ1) is 21.1. The predicted octanol–water partition coefficient (Wildman–Crippen LogP) is 4.41. The maximum atomic E-state index is 12.7. The van der Waals surface area contributed by atoms with Gasteiger partial charge in [-0.05, 0) is 51.3 Å². The number of benzene rings is 1. The van der Waals surface area contributed by atoms with Crippen LogP contribution in [0.1, 0.15) is 45.6 Å². The summed E-state index contributed by atoms with van der Waals surface area (Å²) in [5.74, 6) is -0.954. The van der Waals surface area contributed by atoms with Crippen molar-refractivity contribution in [3.8, 4) is 0 Å². The van der Waals surface area contributed by atoms with Crippen molar-refractivity contribution in [1.82, 2.24) is 4.90 Å². The number of halogens is 1. The van der Waals surface area contributed by atoms with Gasteiger partial charge in [-0.25, -0.2) is 9.59 Å². The Balaban J connectivity index is 1.94. The van der Waals surface area contributed by atoms with E-state index in [0.29, 0.717) is 13.1 Å². The number of rotatable bonds is 4. The van der Waals surface area contributed by atoms with Gasteiger partial charge in [-0.2, -0.15) is 0 Å². The molecule has 28 heavy (non-hydrogen) atoms. The SMILES string of the molecule is CC(C)(C)OC(=O)N1CC2CCCC(C1)C2(OCC(=O)O)c1cccc(Br)c1. The summed E-state index contributed by atoms with van der Waals surface area (Å²) in [5, 5.41) is 9.27. The van der Waals surface area contributed by atoms with E-state index in [1.807, 2.05) is 45.0 Å². The molecule has 1 saturated carbocycles. The fraction of sp³-hybridized carbons (Fsp3) is 0.619. The van der Waals surface area contributed by atoms with E-state index in [1.54, 1.807) is 4.90 Å². The summed E-state index contributed by atoms with van der Waals surface area (Å²) >= 11 is 3.52. The molecule has 2 fully saturated rings. The molecule has 0 aromatic heterocycles. The second-order valence-corrected chi connectivity index (χ2v) is 9.61. The first-order valence-electron chi connectivity index (χ1n) is 9.71. The van der Waals surface area contributed by atoms with Crippen molar-refractivity contribution in [2.75, 3.05) is 19.7 Å². The molecule has 1 aliphatic heterocycles. The molecular weight excluding hydrogens is 426 g/mol. The van der Waals surface area contributed by atoms with Crippen LogP contribution in [0.2, 0.25) is 0 Å². The lowest BCUT2D eigenvalue weighted by atomic mass is 9.62. The van der Waals surface area contributed by atoms with Crippen LogP contribution in [-0.2, 0) is 19.9 Å². The van der Waals surface area contributed by atoms with Gasteiger partial charge in [-0.15, -0.1) is 0 Å². The van der Waals surface area contributed by atoms with Crippen molar-refractivity contribution in [2.45, 2.75) is 51.2 Å². The topological polar surface area (TPSA) is 76.1 Å². The number of carboxylic acid groups (broad SMARTS) is 1. The summed E-state index contributed by atoms with van der Waals surface area (Å²) < 4.78 is 12.7. The van der Waals surface area contributed by atoms with Gasteiger partial charge in [0.15, 0.2) is 0 Å². The monoisotopic (exact) mass is 453 g/mol. The average molecular weight is 454 g/mol. The van der Waals surface area contributed by atoms with Crippen LogP contribution in [0.4, 0.5) is 4.79 Å². The zero-order valence-corrected chi connectivity index (χ0v) is 18.2. The normalized spacial score (nSPS) is 27.4. The number of fused-ring (bicyclic) bond motifs is 2. The molecule has 154 valence electrons. The highest BCUT2D eigenvalue weighted by atomic mass is 79.9. The third-order valence-corrected chi connectivity index (χ3v) is 6.05. The van der Waals surface area contributed by atoms with Crippen molar-refractivity contribution >= 4 is 28.0 Å². The van der Waals surface area contributed by atoms with Gasteiger partial charge < -0.3 is 19.5 Å². The molecule has 7 heteroatoms. The zero-order chi connectivity index (χ0) is 20.5. The number of amides is 1. The van der Waals surface area contributed by atoms with Crippen molar-refractivity contribution in [2.24, 2.45) is 11.8 Å². The van der Waals surface area contributed by atoms with E-state index < -0.39 is 17.2 Å². The largest absolute Gasteiger partial charge is 0.480 e. The molecule has 0 spiro atoms. The van der Waals surface area contributed by atoms with Crippen LogP contribution in [-0.4, -0.2) is 47.4 Å². The fourth-order valence-corrected chi connectivity index (χ4v) is 5.01. The maximum absolute atomic E-state index is 12.7. The molecule has 2 atom stereocenters. The Morgan fingerprint density at radius 2 is 1.89 bits per heavy atom. The van der Waals surface area contributed by atoms with E-state index in [4.69, 9.17) is 9.47 Å². The Morgan fingerprint density at radius 3 is 2.43 bits per heavy atom. The van der Waals surface area contributed by atoms with Gasteiger partial charge in [0.25, 0.3) is 0 Å². The maximum Gasteiger partial charge on any atom is 0.410 e. The molecule has 2 unspecified atom stereocenters. The molecule has 2 bridgehead atoms. The third-order valence-electron chi connectivity index (χ3n) is 5.56. The molecule has 6 nitrogen and oxygen atoms in total. The predicted molar refractivity (Wildman–Crippen MR) is 108 cm³/mol. The van der Waals surface area contributed by atoms with Crippen LogP contribution in [0, 0.1) is 11.8 Å². The number of nitrogens with zero attached hydrogens (tertiary/aromatic N) is 1. The molecule has 1 aliphatic carbocycles. The lowest BCUT2D eigenvalue weighted by molar-refractivity contribution is -0.193. The lowest BCUT2D eigenvalue weighted by Gasteiger charge is -2.55. The van der Waals surface area contributed by atoms with Crippen LogP contribution in [0.15, 0.2) is 28.7 Å². The quantitative estimate of drug-likeness (QED) is 0.730. The van der Waals surface area contributed by atoms with E-state index in [9.17, 15) is 14.7 Å². The highest BCUT2D eigenvalue weighted by molar-refractivity contribution is 9.10. The standard InChI is InChI=1S/C21H28BrNO5/c1-20(2,3)28-19(26)23-11-15-7-4-8-16(12-23)21(15,27-13-18(24)25)14-6-5-9-17(22)10-14/h5-6,9-10,15-16H,4,7-8,11-13H2,1-3H3,(H,24,25). The molecule has 1 amide bonds. The van der Waals surface area contributed by atoms with Gasteiger partial charge in [0.2, 0.25) is 0 Å². The first-order valence-corrected chi connectivity index (χ1v) is 10.5. The number of hydrogen-bond acceptors (Lipinski definition) is 4. The number of likely N-dealkylation sites (tertiary alicyclic amines) is 1. The van der Waals surface area contributed by atoms with E-state index in [1.165, 1.54) is 0 Å². The third kappa shape index (κ3) is 4.35. The van der Waals surface area contributed by atoms with E-state index in [2.05, 4.69) is 15.9 Å². The number of carbonyl (C=O) groups is 2. The number of ether oxygens (including phenoxy) is 2. The van der Waals surface area contributed by atoms with Crippen molar-refractivity contribution in [3.05, 3.63) is 34.3 Å². The summed E-state index contributed by atoms with van der Waals surface area (Å²) in [6.45, 7) is 6.22. The summed E-state index contributed by atoms with van der Waals surface area (Å²) in [7, 11) is 0. The average Bonchev–Trinajstić information content (AvgIpc) is 2.57. The molecule has 0 radical (unpaired) electrons. The smallest absolute Gasteiger partial charge is 0.410 e. The van der Waals surface area contributed by atoms with Crippen molar-refractivity contribution in [3.63, 3.8) is 0 Å². The van der Waals surface area contributed by atoms with E-state index >= 15 is 0 Å². The van der Waals surface area contributed by atoms with Crippen molar-refractivity contribution < 1.29 is 24.2 Å². The van der Waals surface area contributed by atoms with Crippen LogP contribution in [0.25, 0.3) is 0 Å². The van der Waals surface area contributed by atoms with Gasteiger partial charge in [0.1, 0.15) is 17.8 Å². The first-order chi connectivity index (χ1) is 13.1. The van der Waals surface area contributed by atoms with E-state index in [0.717, 1.165) is 29.3 Å². The molecular formula is C21H28BrNO5. The van der Waals surface area contributed by atoms with Gasteiger partial charge in [0, 0.05) is 29.4 Å². The van der Waals surface area contributed by atoms with Gasteiger partial charge in [-0.3, -0.25) is 0 Å². The molecule has 1 saturated heterocycles. The Labute approximate surface area is 174 Å². The molecule has 1 heterocycles. The number of aliphatic carboxylic acids is 1. The summed E-state index contributed by atoms with van der Waals surface area (Å²) in [6.07, 6.45) is 2.48. The van der Waals surface area contributed by atoms with Gasteiger partial charge in [0.05, 0.1) is 0 Å². The number of carboxylic acids is 1. The number of carbonyl (C=O) groups excluding carboxylic acids is 1. The lowest BCUT2D eigenvalue weighted by Crippen LogP contribution is -2.61. The molecule has 2 aliphatic rings. The Hall–Kier alpha value is -1.60. The molecule has 3 rings (SSSR count). The zero-order valence-electron chi connectivity index (χ0n) is 16.6. The highest BCUT2D eigenvalue weighted by Crippen LogP contribution is 2.52. The van der Waals surface area contributed by atoms with Crippen LogP contribution < -0.4 is 0 Å². The summed E-state index contributed by atoms with van der Waals surface area (Å²) in [6, 6.07) is 7.90.